The van der Waals surface area contributed by atoms with Crippen LogP contribution in [0.4, 0.5) is 0 Å². The minimum Gasteiger partial charge on any atom is -0.298 e. The van der Waals surface area contributed by atoms with Crippen LogP contribution >= 0.6 is 0 Å². The zero-order valence-corrected chi connectivity index (χ0v) is 19.8. The molecule has 156 valence electrons. The summed E-state index contributed by atoms with van der Waals surface area (Å²) in [7, 11) is 0. The van der Waals surface area contributed by atoms with Crippen molar-refractivity contribution in [3.63, 3.8) is 0 Å². The molecule has 0 saturated heterocycles. The first-order valence-electron chi connectivity index (χ1n) is 11.2. The highest BCUT2D eigenvalue weighted by molar-refractivity contribution is 5.82. The van der Waals surface area contributed by atoms with Gasteiger partial charge in [-0.05, 0) is 101 Å². The molecule has 0 saturated carbocycles. The van der Waals surface area contributed by atoms with Gasteiger partial charge in [0.25, 0.3) is 0 Å². The van der Waals surface area contributed by atoms with Gasteiger partial charge in [0.05, 0.1) is 0 Å². The van der Waals surface area contributed by atoms with Gasteiger partial charge in [0, 0.05) is 5.56 Å². The first-order valence-corrected chi connectivity index (χ1v) is 11.2. The minimum atomic E-state index is -0.0272. The second kappa shape index (κ2) is 7.74. The fraction of sp³-hybridized carbons (Fsp3) is 0.536. The van der Waals surface area contributed by atoms with E-state index < -0.39 is 0 Å². The Morgan fingerprint density at radius 1 is 0.724 bits per heavy atom. The largest absolute Gasteiger partial charge is 0.298 e. The Balaban J connectivity index is 2.18. The molecule has 0 amide bonds. The Morgan fingerprint density at radius 3 is 1.79 bits per heavy atom. The van der Waals surface area contributed by atoms with Crippen LogP contribution in [0.5, 0.6) is 0 Å². The summed E-state index contributed by atoms with van der Waals surface area (Å²) in [5.41, 5.74) is 12.1. The van der Waals surface area contributed by atoms with Crippen molar-refractivity contribution in [2.24, 2.45) is 0 Å². The summed E-state index contributed by atoms with van der Waals surface area (Å²) in [4.78, 5) is 12.2. The molecule has 2 aromatic carbocycles. The van der Waals surface area contributed by atoms with Gasteiger partial charge in [0.2, 0.25) is 0 Å². The van der Waals surface area contributed by atoms with E-state index in [1.807, 2.05) is 0 Å². The molecular formula is C28H38O. The zero-order chi connectivity index (χ0) is 21.6. The van der Waals surface area contributed by atoms with E-state index in [2.05, 4.69) is 73.6 Å². The second-order valence-corrected chi connectivity index (χ2v) is 11.0. The van der Waals surface area contributed by atoms with E-state index in [-0.39, 0.29) is 10.8 Å². The lowest BCUT2D eigenvalue weighted by Gasteiger charge is -2.26. The van der Waals surface area contributed by atoms with Crippen LogP contribution in [0.2, 0.25) is 0 Å². The molecule has 0 fully saturated rings. The van der Waals surface area contributed by atoms with Gasteiger partial charge in [-0.2, -0.15) is 0 Å². The predicted molar refractivity (Wildman–Crippen MR) is 125 cm³/mol. The summed E-state index contributed by atoms with van der Waals surface area (Å²) >= 11 is 0. The average Bonchev–Trinajstić information content (AvgIpc) is 2.61. The normalized spacial score (nSPS) is 15.0. The summed E-state index contributed by atoms with van der Waals surface area (Å²) in [6.45, 7) is 18.1. The fourth-order valence-electron chi connectivity index (χ4n) is 4.78. The Bertz CT molecular complexity index is 932. The summed E-state index contributed by atoms with van der Waals surface area (Å²) < 4.78 is 0. The standard InChI is InChI=1S/C28H38O/c1-18-20-10-9-11-21-16-26(28(6,7)8)25(17-29)24(19(21)2)13-12-22(18)15-23(14-20)27(3,4)5/h14-17H,9-13H2,1-8H3. The summed E-state index contributed by atoms with van der Waals surface area (Å²) in [5, 5.41) is 0. The predicted octanol–water partition coefficient (Wildman–Crippen LogP) is 6.98. The molecule has 3 rings (SSSR count). The molecule has 0 N–H and O–H groups in total. The Hall–Kier alpha value is -1.89. The summed E-state index contributed by atoms with van der Waals surface area (Å²) in [6.07, 6.45) is 6.39. The maximum Gasteiger partial charge on any atom is 0.150 e. The molecule has 1 heteroatoms. The topological polar surface area (TPSA) is 17.1 Å². The second-order valence-electron chi connectivity index (χ2n) is 11.0. The Labute approximate surface area is 177 Å². The number of aldehydes is 1. The molecule has 0 heterocycles. The molecule has 1 aliphatic carbocycles. The zero-order valence-electron chi connectivity index (χ0n) is 19.8. The third-order valence-electron chi connectivity index (χ3n) is 6.82. The van der Waals surface area contributed by atoms with Gasteiger partial charge in [0.15, 0.2) is 6.29 Å². The van der Waals surface area contributed by atoms with Crippen molar-refractivity contribution in [2.75, 3.05) is 0 Å². The molecule has 0 unspecified atom stereocenters. The lowest BCUT2D eigenvalue weighted by Crippen LogP contribution is -2.18. The summed E-state index contributed by atoms with van der Waals surface area (Å²) in [6, 6.07) is 7.18. The fourth-order valence-corrected chi connectivity index (χ4v) is 4.78. The van der Waals surface area contributed by atoms with Crippen LogP contribution in [0.1, 0.15) is 103 Å². The van der Waals surface area contributed by atoms with E-state index in [0.29, 0.717) is 0 Å². The van der Waals surface area contributed by atoms with E-state index >= 15 is 0 Å². The molecule has 1 aliphatic rings. The average molecular weight is 391 g/mol. The van der Waals surface area contributed by atoms with Crippen molar-refractivity contribution in [2.45, 2.75) is 98.3 Å². The number of rotatable bonds is 1. The van der Waals surface area contributed by atoms with Crippen molar-refractivity contribution >= 4 is 6.29 Å². The van der Waals surface area contributed by atoms with Gasteiger partial charge < -0.3 is 0 Å². The molecule has 1 nitrogen and oxygen atoms in total. The van der Waals surface area contributed by atoms with Crippen molar-refractivity contribution in [1.29, 1.82) is 0 Å². The highest BCUT2D eigenvalue weighted by atomic mass is 16.1. The van der Waals surface area contributed by atoms with E-state index in [1.165, 1.54) is 44.5 Å². The molecule has 0 aromatic heterocycles. The first kappa shape index (κ1) is 21.8. The monoisotopic (exact) mass is 390 g/mol. The van der Waals surface area contributed by atoms with Gasteiger partial charge >= 0.3 is 0 Å². The van der Waals surface area contributed by atoms with E-state index in [9.17, 15) is 4.79 Å². The molecule has 0 radical (unpaired) electrons. The van der Waals surface area contributed by atoms with Gasteiger partial charge in [-0.15, -0.1) is 0 Å². The Kier molecular flexibility index (Phi) is 5.82. The lowest BCUT2D eigenvalue weighted by molar-refractivity contribution is 0.112. The maximum absolute atomic E-state index is 12.2. The highest BCUT2D eigenvalue weighted by Gasteiger charge is 2.24. The van der Waals surface area contributed by atoms with Gasteiger partial charge in [-0.25, -0.2) is 0 Å². The number of hydrogen-bond donors (Lipinski definition) is 0. The number of fused-ring (bicyclic) bond motifs is 4. The van der Waals surface area contributed by atoms with Crippen LogP contribution in [0.25, 0.3) is 0 Å². The number of aryl methyl sites for hydroxylation is 3. The third kappa shape index (κ3) is 4.34. The van der Waals surface area contributed by atoms with Crippen molar-refractivity contribution < 1.29 is 4.79 Å². The van der Waals surface area contributed by atoms with Crippen LogP contribution in [0, 0.1) is 13.8 Å². The van der Waals surface area contributed by atoms with Crippen molar-refractivity contribution in [3.05, 3.63) is 68.3 Å². The molecule has 4 bridgehead atoms. The van der Waals surface area contributed by atoms with Crippen molar-refractivity contribution in [3.8, 4) is 0 Å². The first-order chi connectivity index (χ1) is 13.4. The van der Waals surface area contributed by atoms with Crippen LogP contribution in [-0.2, 0) is 36.5 Å². The van der Waals surface area contributed by atoms with E-state index in [0.717, 1.165) is 44.0 Å². The molecule has 0 spiro atoms. The number of benzene rings is 2. The van der Waals surface area contributed by atoms with Gasteiger partial charge in [0.1, 0.15) is 0 Å². The number of carbonyl (C=O) groups is 1. The molecule has 29 heavy (non-hydrogen) atoms. The molecular weight excluding hydrogens is 352 g/mol. The van der Waals surface area contributed by atoms with Crippen LogP contribution in [0.3, 0.4) is 0 Å². The molecule has 0 atom stereocenters. The van der Waals surface area contributed by atoms with Crippen LogP contribution < -0.4 is 0 Å². The smallest absolute Gasteiger partial charge is 0.150 e. The third-order valence-corrected chi connectivity index (χ3v) is 6.82. The SMILES string of the molecule is Cc1c2cc(C(C)(C)C)cc1CCc1c(C)c(cc(C(C)(C)C)c1C=O)CCC2. The molecule has 2 aromatic rings. The quantitative estimate of drug-likeness (QED) is 0.480. The number of hydrogen-bond acceptors (Lipinski definition) is 1. The van der Waals surface area contributed by atoms with Gasteiger partial charge in [-0.3, -0.25) is 4.79 Å². The molecule has 0 aliphatic heterocycles. The Morgan fingerprint density at radius 2 is 1.28 bits per heavy atom. The highest BCUT2D eigenvalue weighted by Crippen LogP contribution is 2.35. The van der Waals surface area contributed by atoms with Crippen LogP contribution in [0.15, 0.2) is 18.2 Å². The number of carbonyl (C=O) groups excluding carboxylic acids is 1. The van der Waals surface area contributed by atoms with Gasteiger partial charge in [-0.1, -0.05) is 59.7 Å². The lowest BCUT2D eigenvalue weighted by atomic mass is 9.78. The van der Waals surface area contributed by atoms with E-state index in [4.69, 9.17) is 0 Å². The maximum atomic E-state index is 12.2. The summed E-state index contributed by atoms with van der Waals surface area (Å²) in [5.74, 6) is 0. The van der Waals surface area contributed by atoms with Crippen molar-refractivity contribution in [1.82, 2.24) is 0 Å². The minimum absolute atomic E-state index is 0.0272. The van der Waals surface area contributed by atoms with Crippen LogP contribution in [-0.4, -0.2) is 6.29 Å². The van der Waals surface area contributed by atoms with E-state index in [1.54, 1.807) is 0 Å².